The first-order valence-electron chi connectivity index (χ1n) is 1.90. The average molecular weight is 136 g/mol. The molecule has 0 atom stereocenters. The Morgan fingerprint density at radius 1 is 1.62 bits per heavy atom. The Labute approximate surface area is 47.0 Å². The SMILES string of the molecule is CC1=COS(=O)(=O)O1. The van der Waals surface area contributed by atoms with Crippen molar-refractivity contribution >= 4 is 10.4 Å². The van der Waals surface area contributed by atoms with Crippen molar-refractivity contribution in [3.05, 3.63) is 12.0 Å². The first-order valence-corrected chi connectivity index (χ1v) is 3.23. The molecule has 0 amide bonds. The highest BCUT2D eigenvalue weighted by Crippen LogP contribution is 2.13. The molecule has 0 aliphatic carbocycles. The lowest BCUT2D eigenvalue weighted by atomic mass is 10.7. The summed E-state index contributed by atoms with van der Waals surface area (Å²) in [5.74, 6) is 0.255. The lowest BCUT2D eigenvalue weighted by Gasteiger charge is -1.89. The summed E-state index contributed by atoms with van der Waals surface area (Å²) < 4.78 is 28.5. The molecule has 4 nitrogen and oxygen atoms in total. The van der Waals surface area contributed by atoms with Crippen LogP contribution < -0.4 is 0 Å². The monoisotopic (exact) mass is 136 g/mol. The minimum absolute atomic E-state index is 0.255. The maximum atomic E-state index is 10.1. The van der Waals surface area contributed by atoms with Crippen LogP contribution in [0.1, 0.15) is 6.92 Å². The Bertz CT molecular complexity index is 211. The van der Waals surface area contributed by atoms with Crippen LogP contribution in [0, 0.1) is 0 Å². The van der Waals surface area contributed by atoms with Gasteiger partial charge in [-0.25, -0.2) is 0 Å². The van der Waals surface area contributed by atoms with E-state index in [1.807, 2.05) is 0 Å². The van der Waals surface area contributed by atoms with Crippen LogP contribution in [0.25, 0.3) is 0 Å². The third kappa shape index (κ3) is 0.919. The van der Waals surface area contributed by atoms with Crippen molar-refractivity contribution in [1.29, 1.82) is 0 Å². The van der Waals surface area contributed by atoms with E-state index in [2.05, 4.69) is 8.37 Å². The van der Waals surface area contributed by atoms with Gasteiger partial charge < -0.3 is 8.37 Å². The maximum Gasteiger partial charge on any atom is 0.500 e. The van der Waals surface area contributed by atoms with E-state index in [1.54, 1.807) is 0 Å². The van der Waals surface area contributed by atoms with Crippen LogP contribution in [0.2, 0.25) is 0 Å². The molecule has 0 aromatic heterocycles. The summed E-state index contributed by atoms with van der Waals surface area (Å²) in [4.78, 5) is 0. The third-order valence-electron chi connectivity index (χ3n) is 0.565. The molecule has 0 unspecified atom stereocenters. The predicted octanol–water partition coefficient (Wildman–Crippen LogP) is 0.139. The zero-order valence-corrected chi connectivity index (χ0v) is 4.94. The van der Waals surface area contributed by atoms with Gasteiger partial charge in [0.1, 0.15) is 6.26 Å². The first-order chi connectivity index (χ1) is 3.60. The van der Waals surface area contributed by atoms with Gasteiger partial charge in [-0.05, 0) is 6.92 Å². The number of rotatable bonds is 0. The van der Waals surface area contributed by atoms with E-state index < -0.39 is 10.4 Å². The van der Waals surface area contributed by atoms with E-state index >= 15 is 0 Å². The van der Waals surface area contributed by atoms with Gasteiger partial charge in [0, 0.05) is 0 Å². The molecule has 0 aromatic carbocycles. The molecular weight excluding hydrogens is 132 g/mol. The molecule has 1 aliphatic rings. The van der Waals surface area contributed by atoms with Crippen LogP contribution >= 0.6 is 0 Å². The van der Waals surface area contributed by atoms with Crippen molar-refractivity contribution in [1.82, 2.24) is 0 Å². The van der Waals surface area contributed by atoms with Gasteiger partial charge in [0.15, 0.2) is 5.76 Å². The molecule has 5 heteroatoms. The Balaban J connectivity index is 2.85. The molecule has 0 bridgehead atoms. The molecule has 46 valence electrons. The number of hydrogen-bond acceptors (Lipinski definition) is 4. The van der Waals surface area contributed by atoms with Crippen LogP contribution in [-0.4, -0.2) is 8.42 Å². The average Bonchev–Trinajstić information content (AvgIpc) is 1.82. The van der Waals surface area contributed by atoms with E-state index in [0.717, 1.165) is 6.26 Å². The van der Waals surface area contributed by atoms with Gasteiger partial charge >= 0.3 is 10.4 Å². The second kappa shape index (κ2) is 1.38. The number of allylic oxidation sites excluding steroid dienone is 1. The van der Waals surface area contributed by atoms with Crippen molar-refractivity contribution in [2.45, 2.75) is 6.92 Å². The van der Waals surface area contributed by atoms with Gasteiger partial charge in [0.25, 0.3) is 0 Å². The highest BCUT2D eigenvalue weighted by Gasteiger charge is 2.18. The van der Waals surface area contributed by atoms with E-state index in [0.29, 0.717) is 0 Å². The summed E-state index contributed by atoms with van der Waals surface area (Å²) >= 11 is 0. The fourth-order valence-electron chi connectivity index (χ4n) is 0.327. The normalized spacial score (nSPS) is 23.4. The molecule has 1 heterocycles. The van der Waals surface area contributed by atoms with E-state index in [-0.39, 0.29) is 5.76 Å². The first kappa shape index (κ1) is 5.43. The van der Waals surface area contributed by atoms with Gasteiger partial charge in [-0.3, -0.25) is 0 Å². The summed E-state index contributed by atoms with van der Waals surface area (Å²) in [6.45, 7) is 1.49. The molecule has 1 aliphatic heterocycles. The van der Waals surface area contributed by atoms with Crippen molar-refractivity contribution in [2.24, 2.45) is 0 Å². The molecular formula is C3H4O4S. The molecule has 0 N–H and O–H groups in total. The molecule has 0 spiro atoms. The largest absolute Gasteiger partial charge is 0.500 e. The van der Waals surface area contributed by atoms with Crippen molar-refractivity contribution in [3.63, 3.8) is 0 Å². The van der Waals surface area contributed by atoms with Gasteiger partial charge in [-0.1, -0.05) is 0 Å². The molecule has 0 radical (unpaired) electrons. The van der Waals surface area contributed by atoms with Crippen molar-refractivity contribution in [2.75, 3.05) is 0 Å². The van der Waals surface area contributed by atoms with Crippen LogP contribution in [0.4, 0.5) is 0 Å². The van der Waals surface area contributed by atoms with E-state index in [4.69, 9.17) is 0 Å². The summed E-state index contributed by atoms with van der Waals surface area (Å²) in [5.41, 5.74) is 0. The summed E-state index contributed by atoms with van der Waals surface area (Å²) in [5, 5.41) is 0. The predicted molar refractivity (Wildman–Crippen MR) is 24.8 cm³/mol. The van der Waals surface area contributed by atoms with E-state index in [1.165, 1.54) is 6.92 Å². The molecule has 8 heavy (non-hydrogen) atoms. The molecule has 0 saturated carbocycles. The standard InChI is InChI=1S/C3H4O4S/c1-3-2-6-8(4,5)7-3/h2H,1H3. The Morgan fingerprint density at radius 3 is 2.38 bits per heavy atom. The summed E-state index contributed by atoms with van der Waals surface area (Å²) in [6.07, 6.45) is 1.04. The fraction of sp³-hybridized carbons (Fsp3) is 0.333. The second-order valence-electron chi connectivity index (χ2n) is 1.32. The number of hydrogen-bond donors (Lipinski definition) is 0. The zero-order chi connectivity index (χ0) is 6.20. The Kier molecular flexibility index (Phi) is 0.937. The van der Waals surface area contributed by atoms with Crippen LogP contribution in [-0.2, 0) is 18.8 Å². The van der Waals surface area contributed by atoms with Crippen LogP contribution in [0.3, 0.4) is 0 Å². The minimum atomic E-state index is -3.69. The fourth-order valence-corrected chi connectivity index (χ4v) is 0.981. The highest BCUT2D eigenvalue weighted by atomic mass is 32.3. The Morgan fingerprint density at radius 2 is 2.25 bits per heavy atom. The molecule has 1 rings (SSSR count). The quantitative estimate of drug-likeness (QED) is 0.475. The lowest BCUT2D eigenvalue weighted by molar-refractivity contribution is 0.368. The van der Waals surface area contributed by atoms with E-state index in [9.17, 15) is 8.42 Å². The highest BCUT2D eigenvalue weighted by molar-refractivity contribution is 7.82. The second-order valence-corrected chi connectivity index (χ2v) is 2.49. The molecule has 0 fully saturated rings. The van der Waals surface area contributed by atoms with Gasteiger partial charge in [-0.2, -0.15) is 0 Å². The summed E-state index contributed by atoms with van der Waals surface area (Å²) in [7, 11) is -3.69. The topological polar surface area (TPSA) is 52.6 Å². The minimum Gasteiger partial charge on any atom is -0.357 e. The smallest absolute Gasteiger partial charge is 0.357 e. The van der Waals surface area contributed by atoms with Crippen LogP contribution in [0.15, 0.2) is 12.0 Å². The lowest BCUT2D eigenvalue weighted by Crippen LogP contribution is -1.96. The summed E-state index contributed by atoms with van der Waals surface area (Å²) in [6, 6.07) is 0. The van der Waals surface area contributed by atoms with Gasteiger partial charge in [-0.15, -0.1) is 8.42 Å². The van der Waals surface area contributed by atoms with Gasteiger partial charge in [0.2, 0.25) is 0 Å². The zero-order valence-electron chi connectivity index (χ0n) is 4.12. The molecule has 0 saturated heterocycles. The van der Waals surface area contributed by atoms with Crippen LogP contribution in [0.5, 0.6) is 0 Å². The van der Waals surface area contributed by atoms with Gasteiger partial charge in [0.05, 0.1) is 0 Å². The third-order valence-corrected chi connectivity index (χ3v) is 1.36. The van der Waals surface area contributed by atoms with Crippen molar-refractivity contribution < 1.29 is 16.8 Å². The molecule has 0 aromatic rings. The van der Waals surface area contributed by atoms with Crippen molar-refractivity contribution in [3.8, 4) is 0 Å². The maximum absolute atomic E-state index is 10.1. The Hall–Kier alpha value is -0.710.